The number of aryl methyl sites for hydroxylation is 1. The molecular weight excluding hydrogens is 382 g/mol. The molecule has 4 heteroatoms. The Bertz CT molecular complexity index is 993. The number of ether oxygens (including phenoxy) is 1. The molecular formula is C27H33N3O. The van der Waals surface area contributed by atoms with Gasteiger partial charge in [-0.1, -0.05) is 35.9 Å². The molecule has 0 spiro atoms. The van der Waals surface area contributed by atoms with Gasteiger partial charge in [0.15, 0.2) is 0 Å². The van der Waals surface area contributed by atoms with Crippen molar-refractivity contribution in [3.05, 3.63) is 66.4 Å². The predicted molar refractivity (Wildman–Crippen MR) is 130 cm³/mol. The van der Waals surface area contributed by atoms with Crippen LogP contribution in [0, 0.1) is 12.8 Å². The van der Waals surface area contributed by atoms with E-state index in [1.165, 1.54) is 31.2 Å². The van der Waals surface area contributed by atoms with Gasteiger partial charge in [0.25, 0.3) is 0 Å². The monoisotopic (exact) mass is 415 g/mol. The van der Waals surface area contributed by atoms with E-state index in [1.807, 2.05) is 18.3 Å². The number of pyridine rings is 1. The molecule has 1 unspecified atom stereocenters. The molecule has 0 amide bonds. The molecule has 1 saturated heterocycles. The number of hydrogen-bond acceptors (Lipinski definition) is 4. The maximum atomic E-state index is 6.29. The Kier molecular flexibility index (Phi) is 7.21. The molecule has 2 aromatic carbocycles. The van der Waals surface area contributed by atoms with Crippen LogP contribution in [0.1, 0.15) is 37.7 Å². The normalized spacial score (nSPS) is 16.6. The van der Waals surface area contributed by atoms with Crippen molar-refractivity contribution < 1.29 is 4.74 Å². The summed E-state index contributed by atoms with van der Waals surface area (Å²) in [6.07, 6.45) is 7.93. The standard InChI is InChI=1S/C27H33N3O/c1-20-6-2-9-23(18-20)27-24(10-4-15-30-27)22-11-12-25(28)26(19-22)29-14-3-7-21-8-5-16-31-17-13-21/h2,4,6,9-12,15,18-19,21,29H,3,5,7-8,13-14,16-17,28H2,1H3. The number of nitrogens with one attached hydrogen (secondary N) is 1. The van der Waals surface area contributed by atoms with Crippen LogP contribution >= 0.6 is 0 Å². The number of benzene rings is 2. The van der Waals surface area contributed by atoms with E-state index in [-0.39, 0.29) is 0 Å². The molecule has 4 rings (SSSR count). The Hall–Kier alpha value is -2.85. The average Bonchev–Trinajstić information content (AvgIpc) is 3.07. The van der Waals surface area contributed by atoms with Crippen molar-refractivity contribution >= 4 is 11.4 Å². The molecule has 0 saturated carbocycles. The summed E-state index contributed by atoms with van der Waals surface area (Å²) in [4.78, 5) is 4.69. The van der Waals surface area contributed by atoms with Crippen LogP contribution in [0.5, 0.6) is 0 Å². The van der Waals surface area contributed by atoms with Gasteiger partial charge in [0.05, 0.1) is 17.1 Å². The number of hydrogen-bond donors (Lipinski definition) is 2. The average molecular weight is 416 g/mol. The van der Waals surface area contributed by atoms with Crippen molar-refractivity contribution in [2.45, 2.75) is 39.0 Å². The second kappa shape index (κ2) is 10.5. The van der Waals surface area contributed by atoms with Crippen LogP contribution in [0.4, 0.5) is 11.4 Å². The van der Waals surface area contributed by atoms with E-state index < -0.39 is 0 Å². The molecule has 1 aliphatic rings. The van der Waals surface area contributed by atoms with Crippen LogP contribution in [-0.4, -0.2) is 24.7 Å². The number of nitrogens with zero attached hydrogens (tertiary/aromatic N) is 1. The molecule has 2 heterocycles. The van der Waals surface area contributed by atoms with Crippen LogP contribution in [0.2, 0.25) is 0 Å². The first-order valence-corrected chi connectivity index (χ1v) is 11.4. The van der Waals surface area contributed by atoms with Gasteiger partial charge in [0, 0.05) is 37.1 Å². The molecule has 0 bridgehead atoms. The fraction of sp³-hybridized carbons (Fsp3) is 0.370. The first-order valence-electron chi connectivity index (χ1n) is 11.4. The van der Waals surface area contributed by atoms with Gasteiger partial charge < -0.3 is 15.8 Å². The third-order valence-electron chi connectivity index (χ3n) is 6.14. The van der Waals surface area contributed by atoms with E-state index in [1.54, 1.807) is 0 Å². The fourth-order valence-electron chi connectivity index (χ4n) is 4.41. The maximum absolute atomic E-state index is 6.29. The van der Waals surface area contributed by atoms with Crippen LogP contribution in [0.3, 0.4) is 0 Å². The highest BCUT2D eigenvalue weighted by molar-refractivity contribution is 5.84. The van der Waals surface area contributed by atoms with Gasteiger partial charge in [-0.3, -0.25) is 4.98 Å². The van der Waals surface area contributed by atoms with Crippen molar-refractivity contribution in [1.82, 2.24) is 4.98 Å². The van der Waals surface area contributed by atoms with Gasteiger partial charge >= 0.3 is 0 Å². The lowest BCUT2D eigenvalue weighted by molar-refractivity contribution is 0.141. The van der Waals surface area contributed by atoms with Crippen molar-refractivity contribution in [2.24, 2.45) is 5.92 Å². The smallest absolute Gasteiger partial charge is 0.0780 e. The summed E-state index contributed by atoms with van der Waals surface area (Å²) in [7, 11) is 0. The summed E-state index contributed by atoms with van der Waals surface area (Å²) in [6, 6.07) is 18.9. The van der Waals surface area contributed by atoms with Crippen molar-refractivity contribution in [3.8, 4) is 22.4 Å². The Labute approximate surface area is 185 Å². The van der Waals surface area contributed by atoms with Gasteiger partial charge in [-0.2, -0.15) is 0 Å². The molecule has 31 heavy (non-hydrogen) atoms. The number of nitrogen functional groups attached to an aromatic ring is 1. The number of aromatic nitrogens is 1. The van der Waals surface area contributed by atoms with Crippen LogP contribution in [0.15, 0.2) is 60.8 Å². The van der Waals surface area contributed by atoms with E-state index in [9.17, 15) is 0 Å². The molecule has 1 atom stereocenters. The highest BCUT2D eigenvalue weighted by atomic mass is 16.5. The van der Waals surface area contributed by atoms with Crippen molar-refractivity contribution in [1.29, 1.82) is 0 Å². The molecule has 0 aliphatic carbocycles. The van der Waals surface area contributed by atoms with E-state index in [2.05, 4.69) is 54.7 Å². The molecule has 162 valence electrons. The zero-order valence-electron chi connectivity index (χ0n) is 18.4. The Morgan fingerprint density at radius 3 is 2.87 bits per heavy atom. The Morgan fingerprint density at radius 1 is 1.03 bits per heavy atom. The molecule has 0 radical (unpaired) electrons. The summed E-state index contributed by atoms with van der Waals surface area (Å²) in [5.74, 6) is 0.792. The Morgan fingerprint density at radius 2 is 1.97 bits per heavy atom. The molecule has 1 fully saturated rings. The summed E-state index contributed by atoms with van der Waals surface area (Å²) >= 11 is 0. The van der Waals surface area contributed by atoms with E-state index in [4.69, 9.17) is 15.5 Å². The fourth-order valence-corrected chi connectivity index (χ4v) is 4.41. The first-order chi connectivity index (χ1) is 15.2. The van der Waals surface area contributed by atoms with Crippen molar-refractivity contribution in [3.63, 3.8) is 0 Å². The van der Waals surface area contributed by atoms with Crippen LogP contribution in [-0.2, 0) is 4.74 Å². The highest BCUT2D eigenvalue weighted by Crippen LogP contribution is 2.33. The lowest BCUT2D eigenvalue weighted by atomic mass is 9.95. The minimum Gasteiger partial charge on any atom is -0.397 e. The second-order valence-electron chi connectivity index (χ2n) is 8.55. The van der Waals surface area contributed by atoms with Gasteiger partial charge in [-0.25, -0.2) is 0 Å². The van der Waals surface area contributed by atoms with Gasteiger partial charge in [-0.05, 0) is 74.8 Å². The predicted octanol–water partition coefficient (Wildman–Crippen LogP) is 6.32. The van der Waals surface area contributed by atoms with E-state index >= 15 is 0 Å². The number of rotatable bonds is 7. The third kappa shape index (κ3) is 5.65. The quantitative estimate of drug-likeness (QED) is 0.350. The van der Waals surface area contributed by atoms with Gasteiger partial charge in [0.2, 0.25) is 0 Å². The summed E-state index contributed by atoms with van der Waals surface area (Å²) in [6.45, 7) is 4.89. The lowest BCUT2D eigenvalue weighted by Crippen LogP contribution is -2.08. The highest BCUT2D eigenvalue weighted by Gasteiger charge is 2.13. The summed E-state index contributed by atoms with van der Waals surface area (Å²) in [5.41, 5.74) is 13.7. The summed E-state index contributed by atoms with van der Waals surface area (Å²) in [5, 5.41) is 3.57. The molecule has 1 aliphatic heterocycles. The molecule has 3 N–H and O–H groups in total. The maximum Gasteiger partial charge on any atom is 0.0780 e. The van der Waals surface area contributed by atoms with Gasteiger partial charge in [-0.15, -0.1) is 0 Å². The molecule has 1 aromatic heterocycles. The lowest BCUT2D eigenvalue weighted by Gasteiger charge is -2.16. The number of nitrogens with two attached hydrogens (primary N) is 1. The molecule has 3 aromatic rings. The van der Waals surface area contributed by atoms with Crippen LogP contribution < -0.4 is 11.1 Å². The van der Waals surface area contributed by atoms with Crippen molar-refractivity contribution in [2.75, 3.05) is 30.8 Å². The first kappa shape index (κ1) is 21.4. The minimum atomic E-state index is 0.785. The van der Waals surface area contributed by atoms with E-state index in [0.29, 0.717) is 0 Å². The largest absolute Gasteiger partial charge is 0.397 e. The Balaban J connectivity index is 1.47. The second-order valence-corrected chi connectivity index (χ2v) is 8.55. The number of anilines is 2. The van der Waals surface area contributed by atoms with Gasteiger partial charge in [0.1, 0.15) is 0 Å². The molecule has 4 nitrogen and oxygen atoms in total. The zero-order valence-corrected chi connectivity index (χ0v) is 18.4. The third-order valence-corrected chi connectivity index (χ3v) is 6.14. The SMILES string of the molecule is Cc1cccc(-c2ncccc2-c2ccc(N)c(NCCCC3CCCOCC3)c2)c1. The van der Waals surface area contributed by atoms with Crippen LogP contribution in [0.25, 0.3) is 22.4 Å². The zero-order chi connectivity index (χ0) is 21.5. The minimum absolute atomic E-state index is 0.785. The summed E-state index contributed by atoms with van der Waals surface area (Å²) < 4.78 is 5.58. The van der Waals surface area contributed by atoms with E-state index in [0.717, 1.165) is 65.9 Å². The topological polar surface area (TPSA) is 60.2 Å².